The molecule has 4 nitrogen and oxygen atoms in total. The van der Waals surface area contributed by atoms with Crippen molar-refractivity contribution in [2.45, 2.75) is 12.5 Å². The molecule has 1 heterocycles. The Morgan fingerprint density at radius 3 is 2.81 bits per heavy atom. The Labute approximate surface area is 95.2 Å². The summed E-state index contributed by atoms with van der Waals surface area (Å²) in [5, 5.41) is 2.52. The number of likely N-dealkylation sites (N-methyl/N-ethyl adjacent to an activating group) is 1. The van der Waals surface area contributed by atoms with Gasteiger partial charge in [0.2, 0.25) is 5.91 Å². The number of aromatic amines is 1. The molecule has 0 bridgehead atoms. The largest absolute Gasteiger partial charge is 0.361 e. The summed E-state index contributed by atoms with van der Waals surface area (Å²) in [6.45, 7) is 7.43. The molecule has 4 N–H and O–H groups in total. The fourth-order valence-corrected chi connectivity index (χ4v) is 1.59. The summed E-state index contributed by atoms with van der Waals surface area (Å²) in [5.41, 5.74) is 8.57. The van der Waals surface area contributed by atoms with Crippen LogP contribution in [0.1, 0.15) is 16.8 Å². The molecular weight excluding hydrogens is 202 g/mol. The highest BCUT2D eigenvalue weighted by Gasteiger charge is 2.15. The van der Waals surface area contributed by atoms with E-state index in [4.69, 9.17) is 5.73 Å². The number of hydrogen-bond acceptors (Lipinski definition) is 2. The van der Waals surface area contributed by atoms with Gasteiger partial charge in [0, 0.05) is 24.5 Å². The molecule has 1 rings (SSSR count). The Balaban J connectivity index is 2.89. The van der Waals surface area contributed by atoms with Crippen molar-refractivity contribution in [3.05, 3.63) is 36.2 Å². The highest BCUT2D eigenvalue weighted by Crippen LogP contribution is 2.17. The van der Waals surface area contributed by atoms with Crippen molar-refractivity contribution < 1.29 is 4.79 Å². The number of H-pyrrole nitrogens is 1. The van der Waals surface area contributed by atoms with Crippen molar-refractivity contribution in [1.82, 2.24) is 10.3 Å². The monoisotopic (exact) mass is 219 g/mol. The standard InChI is InChI=1S/C12H17N3O/c1-4-9-8(7-15-11(9)5-2)6-10(13)12(16)14-3/h4-5,7,10,15H,1-2,6,13H2,3H3,(H,14,16). The van der Waals surface area contributed by atoms with Gasteiger partial charge in [-0.3, -0.25) is 4.79 Å². The number of aromatic nitrogens is 1. The van der Waals surface area contributed by atoms with E-state index in [0.717, 1.165) is 16.8 Å². The van der Waals surface area contributed by atoms with E-state index in [1.807, 2.05) is 6.20 Å². The summed E-state index contributed by atoms with van der Waals surface area (Å²) in [6, 6.07) is -0.544. The quantitative estimate of drug-likeness (QED) is 0.689. The molecule has 1 unspecified atom stereocenters. The first-order valence-corrected chi connectivity index (χ1v) is 5.06. The molecule has 1 amide bonds. The van der Waals surface area contributed by atoms with E-state index >= 15 is 0 Å². The lowest BCUT2D eigenvalue weighted by Gasteiger charge is -2.09. The van der Waals surface area contributed by atoms with Crippen molar-refractivity contribution in [3.8, 4) is 0 Å². The molecule has 0 fully saturated rings. The molecule has 0 aliphatic rings. The Kier molecular flexibility index (Phi) is 4.08. The molecule has 1 aromatic rings. The van der Waals surface area contributed by atoms with Gasteiger partial charge in [0.25, 0.3) is 0 Å². The van der Waals surface area contributed by atoms with Gasteiger partial charge >= 0.3 is 0 Å². The Hall–Kier alpha value is -1.81. The van der Waals surface area contributed by atoms with E-state index in [9.17, 15) is 4.79 Å². The van der Waals surface area contributed by atoms with Gasteiger partial charge in [-0.1, -0.05) is 19.2 Å². The zero-order valence-corrected chi connectivity index (χ0v) is 9.42. The topological polar surface area (TPSA) is 70.9 Å². The Morgan fingerprint density at radius 1 is 1.62 bits per heavy atom. The van der Waals surface area contributed by atoms with Crippen LogP contribution >= 0.6 is 0 Å². The third-order valence-electron chi connectivity index (χ3n) is 2.47. The Bertz CT molecular complexity index is 406. The van der Waals surface area contributed by atoms with E-state index < -0.39 is 6.04 Å². The number of carbonyl (C=O) groups excluding carboxylic acids is 1. The van der Waals surface area contributed by atoms with Crippen molar-refractivity contribution in [1.29, 1.82) is 0 Å². The van der Waals surface area contributed by atoms with Gasteiger partial charge in [-0.25, -0.2) is 0 Å². The third kappa shape index (κ3) is 2.41. The SMILES string of the molecule is C=Cc1[nH]cc(CC(N)C(=O)NC)c1C=C. The lowest BCUT2D eigenvalue weighted by molar-refractivity contribution is -0.121. The van der Waals surface area contributed by atoms with Crippen LogP contribution in [0.15, 0.2) is 19.4 Å². The van der Waals surface area contributed by atoms with Gasteiger partial charge in [-0.2, -0.15) is 0 Å². The highest BCUT2D eigenvalue weighted by atomic mass is 16.2. The van der Waals surface area contributed by atoms with Crippen LogP contribution in [0.2, 0.25) is 0 Å². The fraction of sp³-hybridized carbons (Fsp3) is 0.250. The van der Waals surface area contributed by atoms with Crippen LogP contribution in [0.3, 0.4) is 0 Å². The maximum absolute atomic E-state index is 11.3. The number of carbonyl (C=O) groups is 1. The maximum Gasteiger partial charge on any atom is 0.237 e. The smallest absolute Gasteiger partial charge is 0.237 e. The van der Waals surface area contributed by atoms with E-state index in [2.05, 4.69) is 23.5 Å². The first-order chi connectivity index (χ1) is 7.63. The highest BCUT2D eigenvalue weighted by molar-refractivity contribution is 5.81. The average molecular weight is 219 g/mol. The second-order valence-corrected chi connectivity index (χ2v) is 3.47. The van der Waals surface area contributed by atoms with Gasteiger partial charge in [0.1, 0.15) is 0 Å². The summed E-state index contributed by atoms with van der Waals surface area (Å²) in [5.74, 6) is -0.170. The predicted octanol–water partition coefficient (Wildman–Crippen LogP) is 0.917. The summed E-state index contributed by atoms with van der Waals surface area (Å²) < 4.78 is 0. The average Bonchev–Trinajstić information content (AvgIpc) is 2.69. The van der Waals surface area contributed by atoms with Crippen LogP contribution in [-0.4, -0.2) is 24.0 Å². The molecule has 0 aromatic carbocycles. The zero-order valence-electron chi connectivity index (χ0n) is 9.42. The number of amides is 1. The predicted molar refractivity (Wildman–Crippen MR) is 66.7 cm³/mol. The molecule has 0 saturated carbocycles. The summed E-state index contributed by atoms with van der Waals surface area (Å²) >= 11 is 0. The number of hydrogen-bond donors (Lipinski definition) is 3. The minimum atomic E-state index is -0.544. The second kappa shape index (κ2) is 5.32. The molecule has 1 aromatic heterocycles. The molecule has 4 heteroatoms. The summed E-state index contributed by atoms with van der Waals surface area (Å²) in [7, 11) is 1.57. The lowest BCUT2D eigenvalue weighted by atomic mass is 10.0. The minimum Gasteiger partial charge on any atom is -0.361 e. The van der Waals surface area contributed by atoms with Crippen molar-refractivity contribution in [2.24, 2.45) is 5.73 Å². The molecule has 16 heavy (non-hydrogen) atoms. The van der Waals surface area contributed by atoms with Crippen LogP contribution in [-0.2, 0) is 11.2 Å². The first-order valence-electron chi connectivity index (χ1n) is 5.06. The Morgan fingerprint density at radius 2 is 2.31 bits per heavy atom. The van der Waals surface area contributed by atoms with Crippen LogP contribution in [0.25, 0.3) is 12.2 Å². The fourth-order valence-electron chi connectivity index (χ4n) is 1.59. The third-order valence-corrected chi connectivity index (χ3v) is 2.47. The molecule has 0 saturated heterocycles. The molecule has 0 spiro atoms. The zero-order chi connectivity index (χ0) is 12.1. The van der Waals surface area contributed by atoms with Crippen LogP contribution in [0, 0.1) is 0 Å². The minimum absolute atomic E-state index is 0.170. The van der Waals surface area contributed by atoms with Crippen molar-refractivity contribution in [3.63, 3.8) is 0 Å². The van der Waals surface area contributed by atoms with Gasteiger partial charge in [0.05, 0.1) is 6.04 Å². The number of rotatable bonds is 5. The maximum atomic E-state index is 11.3. The van der Waals surface area contributed by atoms with E-state index in [-0.39, 0.29) is 5.91 Å². The number of nitrogens with two attached hydrogens (primary N) is 1. The van der Waals surface area contributed by atoms with Gasteiger partial charge in [-0.15, -0.1) is 0 Å². The van der Waals surface area contributed by atoms with Crippen molar-refractivity contribution >= 4 is 18.1 Å². The normalized spacial score (nSPS) is 11.9. The molecule has 0 aliphatic heterocycles. The van der Waals surface area contributed by atoms with E-state index in [1.165, 1.54) is 0 Å². The van der Waals surface area contributed by atoms with Crippen LogP contribution in [0.5, 0.6) is 0 Å². The molecule has 1 atom stereocenters. The van der Waals surface area contributed by atoms with Crippen LogP contribution < -0.4 is 11.1 Å². The van der Waals surface area contributed by atoms with Crippen molar-refractivity contribution in [2.75, 3.05) is 7.05 Å². The second-order valence-electron chi connectivity index (χ2n) is 3.47. The molecular formula is C12H17N3O. The van der Waals surface area contributed by atoms with Gasteiger partial charge in [0.15, 0.2) is 0 Å². The summed E-state index contributed by atoms with van der Waals surface area (Å²) in [4.78, 5) is 14.4. The lowest BCUT2D eigenvalue weighted by Crippen LogP contribution is -2.40. The summed E-state index contributed by atoms with van der Waals surface area (Å²) in [6.07, 6.45) is 5.76. The van der Waals surface area contributed by atoms with Gasteiger partial charge in [-0.05, 0) is 18.1 Å². The molecule has 0 aliphatic carbocycles. The number of nitrogens with one attached hydrogen (secondary N) is 2. The first kappa shape index (κ1) is 12.3. The van der Waals surface area contributed by atoms with E-state index in [0.29, 0.717) is 6.42 Å². The molecule has 0 radical (unpaired) electrons. The van der Waals surface area contributed by atoms with Crippen LogP contribution in [0.4, 0.5) is 0 Å². The molecule has 86 valence electrons. The van der Waals surface area contributed by atoms with E-state index in [1.54, 1.807) is 19.2 Å². The van der Waals surface area contributed by atoms with Gasteiger partial charge < -0.3 is 16.0 Å².